The zero-order valence-electron chi connectivity index (χ0n) is 10.8. The Bertz CT molecular complexity index is 498. The number of rotatable bonds is 7. The van der Waals surface area contributed by atoms with Crippen LogP contribution in [0.15, 0.2) is 4.79 Å². The number of anilines is 1. The summed E-state index contributed by atoms with van der Waals surface area (Å²) in [4.78, 5) is 28.4. The average molecular weight is 269 g/mol. The fraction of sp³-hybridized carbons (Fsp3) is 0.583. The smallest absolute Gasteiger partial charge is 0.306 e. The summed E-state index contributed by atoms with van der Waals surface area (Å²) in [5, 5.41) is 18.5. The number of carbonyl (C=O) groups is 1. The highest BCUT2D eigenvalue weighted by atomic mass is 16.4. The highest BCUT2D eigenvalue weighted by Crippen LogP contribution is 2.18. The zero-order chi connectivity index (χ0) is 14.4. The molecule has 0 saturated heterocycles. The fourth-order valence-electron chi connectivity index (χ4n) is 1.99. The first-order chi connectivity index (χ1) is 8.95. The largest absolute Gasteiger partial charge is 0.493 e. The number of hydrogen-bond donors (Lipinski definition) is 4. The van der Waals surface area contributed by atoms with Gasteiger partial charge in [0.1, 0.15) is 0 Å². The monoisotopic (exact) mass is 269 g/mol. The Morgan fingerprint density at radius 1 is 1.47 bits per heavy atom. The number of nitrogens with zero attached hydrogens (tertiary/aromatic N) is 1. The molecule has 0 amide bonds. The molecule has 0 radical (unpaired) electrons. The van der Waals surface area contributed by atoms with E-state index in [0.717, 1.165) is 6.42 Å². The maximum atomic E-state index is 11.5. The third-order valence-electron chi connectivity index (χ3n) is 2.98. The molecule has 1 aromatic rings. The van der Waals surface area contributed by atoms with E-state index in [-0.39, 0.29) is 23.8 Å². The molecular weight excluding hydrogens is 250 g/mol. The molecule has 0 aliphatic heterocycles. The number of aromatic amines is 1. The molecule has 1 aromatic heterocycles. The highest BCUT2D eigenvalue weighted by molar-refractivity contribution is 5.69. The predicted molar refractivity (Wildman–Crippen MR) is 69.9 cm³/mol. The lowest BCUT2D eigenvalue weighted by molar-refractivity contribution is -0.142. The minimum Gasteiger partial charge on any atom is -0.493 e. The summed E-state index contributed by atoms with van der Waals surface area (Å²) in [6.07, 6.45) is 2.65. The molecule has 0 saturated carbocycles. The molecule has 7 nitrogen and oxygen atoms in total. The van der Waals surface area contributed by atoms with Crippen LogP contribution in [0.25, 0.3) is 0 Å². The van der Waals surface area contributed by atoms with E-state index in [4.69, 9.17) is 10.8 Å². The number of hydrogen-bond acceptors (Lipinski definition) is 5. The Labute approximate surface area is 110 Å². The average Bonchev–Trinajstić information content (AvgIpc) is 2.30. The van der Waals surface area contributed by atoms with Gasteiger partial charge in [-0.2, -0.15) is 4.98 Å². The third-order valence-corrected chi connectivity index (χ3v) is 2.98. The SMILES string of the molecule is CCC[C@H](CCCc1c(O)nc(N)[nH]c1=O)C(=O)O. The molecule has 0 fully saturated rings. The van der Waals surface area contributed by atoms with Crippen LogP contribution in [0.2, 0.25) is 0 Å². The molecule has 7 heteroatoms. The zero-order valence-corrected chi connectivity index (χ0v) is 10.8. The van der Waals surface area contributed by atoms with Gasteiger partial charge in [-0.3, -0.25) is 14.6 Å². The van der Waals surface area contributed by atoms with E-state index in [1.165, 1.54) is 0 Å². The Balaban J connectivity index is 2.62. The van der Waals surface area contributed by atoms with Crippen LogP contribution in [0.4, 0.5) is 5.95 Å². The fourth-order valence-corrected chi connectivity index (χ4v) is 1.99. The number of H-pyrrole nitrogens is 1. The number of carboxylic acid groups (broad SMARTS) is 1. The van der Waals surface area contributed by atoms with Gasteiger partial charge in [0.25, 0.3) is 5.56 Å². The lowest BCUT2D eigenvalue weighted by Gasteiger charge is -2.10. The highest BCUT2D eigenvalue weighted by Gasteiger charge is 2.17. The van der Waals surface area contributed by atoms with Crippen LogP contribution in [0.1, 0.15) is 38.2 Å². The first-order valence-corrected chi connectivity index (χ1v) is 6.26. The molecule has 1 atom stereocenters. The van der Waals surface area contributed by atoms with Gasteiger partial charge in [-0.25, -0.2) is 0 Å². The summed E-state index contributed by atoms with van der Waals surface area (Å²) in [6, 6.07) is 0. The summed E-state index contributed by atoms with van der Waals surface area (Å²) in [5.74, 6) is -1.76. The molecule has 106 valence electrons. The second-order valence-corrected chi connectivity index (χ2v) is 4.47. The van der Waals surface area contributed by atoms with Gasteiger partial charge in [0, 0.05) is 0 Å². The second-order valence-electron chi connectivity index (χ2n) is 4.47. The number of nitrogens with two attached hydrogens (primary N) is 1. The summed E-state index contributed by atoms with van der Waals surface area (Å²) < 4.78 is 0. The van der Waals surface area contributed by atoms with E-state index in [1.807, 2.05) is 6.92 Å². The van der Waals surface area contributed by atoms with E-state index in [9.17, 15) is 14.7 Å². The van der Waals surface area contributed by atoms with Gasteiger partial charge >= 0.3 is 5.97 Å². The summed E-state index contributed by atoms with van der Waals surface area (Å²) in [6.45, 7) is 1.93. The normalized spacial score (nSPS) is 12.3. The topological polar surface area (TPSA) is 129 Å². The number of carboxylic acids is 1. The molecule has 1 heterocycles. The van der Waals surface area contributed by atoms with Gasteiger partial charge in [0.2, 0.25) is 11.8 Å². The van der Waals surface area contributed by atoms with Gasteiger partial charge in [-0.15, -0.1) is 0 Å². The number of aromatic nitrogens is 2. The predicted octanol–water partition coefficient (Wildman–Crippen LogP) is 0.881. The first kappa shape index (κ1) is 15.0. The van der Waals surface area contributed by atoms with Crippen LogP contribution in [-0.2, 0) is 11.2 Å². The van der Waals surface area contributed by atoms with Crippen molar-refractivity contribution >= 4 is 11.9 Å². The molecule has 0 spiro atoms. The van der Waals surface area contributed by atoms with Crippen LogP contribution in [0.3, 0.4) is 0 Å². The van der Waals surface area contributed by atoms with Crippen molar-refractivity contribution in [3.8, 4) is 5.88 Å². The van der Waals surface area contributed by atoms with E-state index < -0.39 is 17.4 Å². The molecule has 5 N–H and O–H groups in total. The molecular formula is C12H19N3O4. The van der Waals surface area contributed by atoms with Crippen molar-refractivity contribution in [2.45, 2.75) is 39.0 Å². The van der Waals surface area contributed by atoms with Gasteiger partial charge in [0.15, 0.2) is 0 Å². The van der Waals surface area contributed by atoms with Gasteiger partial charge in [-0.1, -0.05) is 13.3 Å². The van der Waals surface area contributed by atoms with Crippen molar-refractivity contribution in [3.05, 3.63) is 15.9 Å². The molecule has 0 aromatic carbocycles. The van der Waals surface area contributed by atoms with Crippen molar-refractivity contribution in [1.82, 2.24) is 9.97 Å². The first-order valence-electron chi connectivity index (χ1n) is 6.26. The Morgan fingerprint density at radius 3 is 2.68 bits per heavy atom. The lowest BCUT2D eigenvalue weighted by atomic mass is 9.96. The van der Waals surface area contributed by atoms with Crippen molar-refractivity contribution < 1.29 is 15.0 Å². The lowest BCUT2D eigenvalue weighted by Crippen LogP contribution is -2.18. The summed E-state index contributed by atoms with van der Waals surface area (Å²) in [7, 11) is 0. The summed E-state index contributed by atoms with van der Waals surface area (Å²) in [5.41, 5.74) is 4.95. The standard InChI is InChI=1S/C12H19N3O4/c1-2-4-7(11(18)19)5-3-6-8-9(16)14-12(13)15-10(8)17/h7H,2-6H2,1H3,(H,18,19)(H4,13,14,15,16,17)/t7-/m1/s1. The van der Waals surface area contributed by atoms with Crippen molar-refractivity contribution in [2.24, 2.45) is 5.92 Å². The number of nitrogens with one attached hydrogen (secondary N) is 1. The van der Waals surface area contributed by atoms with E-state index >= 15 is 0 Å². The van der Waals surface area contributed by atoms with Crippen LogP contribution in [0, 0.1) is 5.92 Å². The number of aromatic hydroxyl groups is 1. The van der Waals surface area contributed by atoms with Gasteiger partial charge in [0.05, 0.1) is 11.5 Å². The minimum absolute atomic E-state index is 0.138. The van der Waals surface area contributed by atoms with Crippen LogP contribution >= 0.6 is 0 Å². The second kappa shape index (κ2) is 6.77. The quantitative estimate of drug-likeness (QED) is 0.581. The van der Waals surface area contributed by atoms with Crippen molar-refractivity contribution in [3.63, 3.8) is 0 Å². The number of aliphatic carboxylic acids is 1. The maximum Gasteiger partial charge on any atom is 0.306 e. The molecule has 0 aliphatic carbocycles. The van der Waals surface area contributed by atoms with Gasteiger partial charge in [-0.05, 0) is 25.7 Å². The molecule has 19 heavy (non-hydrogen) atoms. The minimum atomic E-state index is -0.824. The number of nitrogen functional groups attached to an aromatic ring is 1. The van der Waals surface area contributed by atoms with E-state index in [2.05, 4.69) is 9.97 Å². The van der Waals surface area contributed by atoms with Gasteiger partial charge < -0.3 is 15.9 Å². The molecule has 1 rings (SSSR count). The van der Waals surface area contributed by atoms with E-state index in [0.29, 0.717) is 19.3 Å². The maximum absolute atomic E-state index is 11.5. The third kappa shape index (κ3) is 4.27. The molecule has 0 bridgehead atoms. The van der Waals surface area contributed by atoms with Crippen molar-refractivity contribution in [2.75, 3.05) is 5.73 Å². The van der Waals surface area contributed by atoms with Crippen LogP contribution in [-0.4, -0.2) is 26.2 Å². The van der Waals surface area contributed by atoms with Crippen molar-refractivity contribution in [1.29, 1.82) is 0 Å². The van der Waals surface area contributed by atoms with Crippen LogP contribution < -0.4 is 11.3 Å². The Kier molecular flexibility index (Phi) is 5.35. The Hall–Kier alpha value is -2.05. The van der Waals surface area contributed by atoms with Crippen LogP contribution in [0.5, 0.6) is 5.88 Å². The molecule has 0 aliphatic rings. The molecule has 0 unspecified atom stereocenters. The Morgan fingerprint density at radius 2 is 2.16 bits per heavy atom. The summed E-state index contributed by atoms with van der Waals surface area (Å²) >= 11 is 0. The van der Waals surface area contributed by atoms with E-state index in [1.54, 1.807) is 0 Å².